The molecule has 0 saturated carbocycles. The number of hydrogen-bond acceptors (Lipinski definition) is 3. The summed E-state index contributed by atoms with van der Waals surface area (Å²) < 4.78 is 0. The monoisotopic (exact) mass is 188 g/mol. The van der Waals surface area contributed by atoms with E-state index in [1.807, 2.05) is 18.9 Å². The Balaban J connectivity index is 3.91. The number of primary amides is 1. The third-order valence-electron chi connectivity index (χ3n) is 2.15. The highest BCUT2D eigenvalue weighted by atomic mass is 16.3. The van der Waals surface area contributed by atoms with E-state index in [0.717, 1.165) is 0 Å². The molecule has 0 spiro atoms. The van der Waals surface area contributed by atoms with Crippen LogP contribution in [0, 0.1) is 0 Å². The standard InChI is InChI=1S/C9H20N2O2/c1-4-8(9(10)13)11(3)6-5-7(2)12/h7-8,12H,4-6H2,1-3H3,(H2,10,13). The number of rotatable bonds is 6. The average Bonchev–Trinajstić information content (AvgIpc) is 2.01. The van der Waals surface area contributed by atoms with Crippen molar-refractivity contribution in [1.29, 1.82) is 0 Å². The van der Waals surface area contributed by atoms with Crippen molar-refractivity contribution in [1.82, 2.24) is 4.90 Å². The van der Waals surface area contributed by atoms with E-state index in [2.05, 4.69) is 0 Å². The lowest BCUT2D eigenvalue weighted by Crippen LogP contribution is -2.43. The Morgan fingerprint density at radius 3 is 2.46 bits per heavy atom. The van der Waals surface area contributed by atoms with E-state index >= 15 is 0 Å². The summed E-state index contributed by atoms with van der Waals surface area (Å²) in [6.45, 7) is 4.35. The molecule has 1 amide bonds. The Labute approximate surface area is 79.7 Å². The van der Waals surface area contributed by atoms with Gasteiger partial charge in [-0.1, -0.05) is 6.92 Å². The quantitative estimate of drug-likeness (QED) is 0.614. The minimum atomic E-state index is -0.326. The number of aliphatic hydroxyl groups is 1. The summed E-state index contributed by atoms with van der Waals surface area (Å²) >= 11 is 0. The van der Waals surface area contributed by atoms with Crippen LogP contribution in [0.25, 0.3) is 0 Å². The Kier molecular flexibility index (Phi) is 5.66. The molecule has 0 aliphatic heterocycles. The number of nitrogens with two attached hydrogens (primary N) is 1. The second-order valence-electron chi connectivity index (χ2n) is 3.44. The smallest absolute Gasteiger partial charge is 0.234 e. The molecule has 0 aliphatic rings. The highest BCUT2D eigenvalue weighted by Gasteiger charge is 2.17. The summed E-state index contributed by atoms with van der Waals surface area (Å²) in [7, 11) is 1.85. The zero-order valence-electron chi connectivity index (χ0n) is 8.66. The normalized spacial score (nSPS) is 15.8. The van der Waals surface area contributed by atoms with Gasteiger partial charge in [-0.05, 0) is 26.8 Å². The van der Waals surface area contributed by atoms with Crippen molar-refractivity contribution in [3.8, 4) is 0 Å². The van der Waals surface area contributed by atoms with Crippen LogP contribution < -0.4 is 5.73 Å². The Hall–Kier alpha value is -0.610. The van der Waals surface area contributed by atoms with Gasteiger partial charge in [0.1, 0.15) is 0 Å². The fourth-order valence-corrected chi connectivity index (χ4v) is 1.28. The lowest BCUT2D eigenvalue weighted by molar-refractivity contribution is -0.123. The maximum atomic E-state index is 10.9. The zero-order chi connectivity index (χ0) is 10.4. The van der Waals surface area contributed by atoms with E-state index in [1.165, 1.54) is 0 Å². The Bertz CT molecular complexity index is 160. The number of aliphatic hydroxyl groups excluding tert-OH is 1. The lowest BCUT2D eigenvalue weighted by atomic mass is 10.1. The van der Waals surface area contributed by atoms with Crippen LogP contribution in [0.15, 0.2) is 0 Å². The molecule has 2 unspecified atom stereocenters. The fraction of sp³-hybridized carbons (Fsp3) is 0.889. The van der Waals surface area contributed by atoms with Crippen LogP contribution in [0.3, 0.4) is 0 Å². The molecular formula is C9H20N2O2. The molecule has 2 atom stereocenters. The van der Waals surface area contributed by atoms with E-state index in [4.69, 9.17) is 10.8 Å². The zero-order valence-corrected chi connectivity index (χ0v) is 8.66. The summed E-state index contributed by atoms with van der Waals surface area (Å²) in [6.07, 6.45) is 1.05. The molecule has 0 radical (unpaired) electrons. The van der Waals surface area contributed by atoms with Crippen LogP contribution in [0.2, 0.25) is 0 Å². The predicted molar refractivity (Wildman–Crippen MR) is 52.2 cm³/mol. The molecule has 0 aromatic heterocycles. The van der Waals surface area contributed by atoms with Crippen LogP contribution in [-0.2, 0) is 4.79 Å². The summed E-state index contributed by atoms with van der Waals surface area (Å²) in [4.78, 5) is 12.8. The van der Waals surface area contributed by atoms with Gasteiger partial charge in [-0.25, -0.2) is 0 Å². The van der Waals surface area contributed by atoms with E-state index in [1.54, 1.807) is 6.92 Å². The van der Waals surface area contributed by atoms with Crippen LogP contribution >= 0.6 is 0 Å². The van der Waals surface area contributed by atoms with Gasteiger partial charge in [0.25, 0.3) is 0 Å². The van der Waals surface area contributed by atoms with E-state index in [9.17, 15) is 4.79 Å². The number of likely N-dealkylation sites (N-methyl/N-ethyl adjacent to an activating group) is 1. The van der Waals surface area contributed by atoms with E-state index in [0.29, 0.717) is 19.4 Å². The minimum Gasteiger partial charge on any atom is -0.393 e. The third kappa shape index (κ3) is 4.85. The maximum Gasteiger partial charge on any atom is 0.234 e. The Morgan fingerprint density at radius 2 is 2.15 bits per heavy atom. The van der Waals surface area contributed by atoms with Crippen molar-refractivity contribution in [3.63, 3.8) is 0 Å². The van der Waals surface area contributed by atoms with Crippen molar-refractivity contribution >= 4 is 5.91 Å². The van der Waals surface area contributed by atoms with Gasteiger partial charge in [-0.15, -0.1) is 0 Å². The molecule has 0 heterocycles. The van der Waals surface area contributed by atoms with Gasteiger partial charge in [0.05, 0.1) is 12.1 Å². The molecule has 13 heavy (non-hydrogen) atoms. The highest BCUT2D eigenvalue weighted by molar-refractivity contribution is 5.79. The summed E-state index contributed by atoms with van der Waals surface area (Å²) in [5.41, 5.74) is 5.21. The van der Waals surface area contributed by atoms with Gasteiger partial charge >= 0.3 is 0 Å². The number of hydrogen-bond donors (Lipinski definition) is 2. The molecule has 3 N–H and O–H groups in total. The number of carbonyl (C=O) groups excluding carboxylic acids is 1. The highest BCUT2D eigenvalue weighted by Crippen LogP contribution is 2.02. The molecular weight excluding hydrogens is 168 g/mol. The summed E-state index contributed by atoms with van der Waals surface area (Å²) in [5, 5.41) is 9.05. The first-order chi connectivity index (χ1) is 5.99. The van der Waals surface area contributed by atoms with Gasteiger partial charge < -0.3 is 10.8 Å². The van der Waals surface area contributed by atoms with E-state index < -0.39 is 0 Å². The molecule has 78 valence electrons. The first-order valence-electron chi connectivity index (χ1n) is 4.66. The third-order valence-corrected chi connectivity index (χ3v) is 2.15. The van der Waals surface area contributed by atoms with Crippen molar-refractivity contribution in [2.24, 2.45) is 5.73 Å². The lowest BCUT2D eigenvalue weighted by Gasteiger charge is -2.24. The molecule has 0 aliphatic carbocycles. The molecule has 0 rings (SSSR count). The fourth-order valence-electron chi connectivity index (χ4n) is 1.28. The van der Waals surface area contributed by atoms with Gasteiger partial charge in [-0.3, -0.25) is 9.69 Å². The second kappa shape index (κ2) is 5.94. The molecule has 4 heteroatoms. The number of carbonyl (C=O) groups is 1. The first-order valence-corrected chi connectivity index (χ1v) is 4.66. The van der Waals surface area contributed by atoms with Crippen LogP contribution in [0.5, 0.6) is 0 Å². The van der Waals surface area contributed by atoms with Crippen molar-refractivity contribution in [3.05, 3.63) is 0 Å². The second-order valence-corrected chi connectivity index (χ2v) is 3.44. The largest absolute Gasteiger partial charge is 0.393 e. The SMILES string of the molecule is CCC(C(N)=O)N(C)CCC(C)O. The topological polar surface area (TPSA) is 66.6 Å². The van der Waals surface area contributed by atoms with Gasteiger partial charge in [0.2, 0.25) is 5.91 Å². The van der Waals surface area contributed by atoms with Crippen LogP contribution in [0.1, 0.15) is 26.7 Å². The van der Waals surface area contributed by atoms with Crippen molar-refractivity contribution in [2.75, 3.05) is 13.6 Å². The number of nitrogens with zero attached hydrogens (tertiary/aromatic N) is 1. The number of amides is 1. The van der Waals surface area contributed by atoms with E-state index in [-0.39, 0.29) is 18.1 Å². The van der Waals surface area contributed by atoms with Crippen molar-refractivity contribution < 1.29 is 9.90 Å². The summed E-state index contributed by atoms with van der Waals surface area (Å²) in [6, 6.07) is -0.209. The van der Waals surface area contributed by atoms with Crippen molar-refractivity contribution in [2.45, 2.75) is 38.8 Å². The predicted octanol–water partition coefficient (Wildman–Crippen LogP) is -0.0470. The Morgan fingerprint density at radius 1 is 1.62 bits per heavy atom. The van der Waals surface area contributed by atoms with Gasteiger partial charge in [0.15, 0.2) is 0 Å². The minimum absolute atomic E-state index is 0.209. The molecule has 4 nitrogen and oxygen atoms in total. The first kappa shape index (κ1) is 12.4. The molecule has 0 saturated heterocycles. The van der Waals surface area contributed by atoms with Crippen LogP contribution in [0.4, 0.5) is 0 Å². The van der Waals surface area contributed by atoms with Crippen LogP contribution in [-0.4, -0.2) is 41.7 Å². The van der Waals surface area contributed by atoms with Gasteiger partial charge in [0, 0.05) is 6.54 Å². The maximum absolute atomic E-state index is 10.9. The summed E-state index contributed by atoms with van der Waals surface area (Å²) in [5.74, 6) is -0.296. The molecule has 0 aromatic rings. The molecule has 0 fully saturated rings. The average molecular weight is 188 g/mol. The molecule has 0 aromatic carbocycles. The van der Waals surface area contributed by atoms with Gasteiger partial charge in [-0.2, -0.15) is 0 Å². The molecule has 0 bridgehead atoms.